The van der Waals surface area contributed by atoms with Crippen molar-refractivity contribution in [1.29, 1.82) is 0 Å². The Labute approximate surface area is 145 Å². The van der Waals surface area contributed by atoms with E-state index < -0.39 is 0 Å². The molecular formula is C18H20ClN3O2. The van der Waals surface area contributed by atoms with Crippen molar-refractivity contribution in [2.75, 3.05) is 27.2 Å². The summed E-state index contributed by atoms with van der Waals surface area (Å²) in [7, 11) is 5.80. The fraction of sp³-hybridized carbons (Fsp3) is 0.278. The van der Waals surface area contributed by atoms with Crippen LogP contribution in [0.2, 0.25) is 5.02 Å². The van der Waals surface area contributed by atoms with Gasteiger partial charge in [-0.15, -0.1) is 0 Å². The lowest BCUT2D eigenvalue weighted by atomic mass is 10.2. The molecule has 0 aliphatic heterocycles. The Bertz CT molecular complexity index is 880. The van der Waals surface area contributed by atoms with Crippen LogP contribution >= 0.6 is 11.6 Å². The second-order valence-corrected chi connectivity index (χ2v) is 6.39. The quantitative estimate of drug-likeness (QED) is 0.771. The number of hydrogen-bond donors (Lipinski definition) is 1. The Kier molecular flexibility index (Phi) is 4.64. The summed E-state index contributed by atoms with van der Waals surface area (Å²) in [4.78, 5) is 14.3. The van der Waals surface area contributed by atoms with Crippen LogP contribution in [-0.2, 0) is 7.05 Å². The summed E-state index contributed by atoms with van der Waals surface area (Å²) in [6, 6.07) is 11.2. The first-order valence-corrected chi connectivity index (χ1v) is 8.12. The van der Waals surface area contributed by atoms with Crippen molar-refractivity contribution < 1.29 is 9.21 Å². The minimum Gasteiger partial charge on any atom is -0.454 e. The molecule has 2 aromatic heterocycles. The summed E-state index contributed by atoms with van der Waals surface area (Å²) in [5.74, 6) is 0.589. The largest absolute Gasteiger partial charge is 0.454 e. The number of nitrogens with zero attached hydrogens (tertiary/aromatic N) is 2. The molecule has 3 rings (SSSR count). The maximum absolute atomic E-state index is 12.3. The summed E-state index contributed by atoms with van der Waals surface area (Å²) in [6.45, 7) is 1.40. The molecule has 0 unspecified atom stereocenters. The topological polar surface area (TPSA) is 50.4 Å². The third kappa shape index (κ3) is 3.18. The molecule has 2 heterocycles. The molecule has 6 heteroatoms. The average Bonchev–Trinajstić information content (AvgIpc) is 3.07. The number of halogens is 1. The van der Waals surface area contributed by atoms with Crippen LogP contribution in [-0.4, -0.2) is 42.6 Å². The van der Waals surface area contributed by atoms with Gasteiger partial charge in [0.05, 0.1) is 10.5 Å². The van der Waals surface area contributed by atoms with Crippen LogP contribution in [0.25, 0.3) is 22.4 Å². The van der Waals surface area contributed by atoms with Crippen molar-refractivity contribution in [3.8, 4) is 11.3 Å². The lowest BCUT2D eigenvalue weighted by Crippen LogP contribution is -2.32. The first-order valence-electron chi connectivity index (χ1n) is 7.74. The molecule has 24 heavy (non-hydrogen) atoms. The average molecular weight is 346 g/mol. The number of rotatable bonds is 5. The van der Waals surface area contributed by atoms with Gasteiger partial charge in [-0.05, 0) is 26.2 Å². The van der Waals surface area contributed by atoms with Gasteiger partial charge < -0.3 is 19.2 Å². The highest BCUT2D eigenvalue weighted by Gasteiger charge is 2.18. The standard InChI is InChI=1S/C18H20ClN3O2/c1-21(2)9-8-20-18(23)15-11-17-14(22(15)3)10-16(24-17)12-6-4-5-7-13(12)19/h4-7,10-11H,8-9H2,1-3H3,(H,20,23). The number of carbonyl (C=O) groups excluding carboxylic acids is 1. The highest BCUT2D eigenvalue weighted by molar-refractivity contribution is 6.33. The van der Waals surface area contributed by atoms with Gasteiger partial charge in [0.25, 0.3) is 5.91 Å². The van der Waals surface area contributed by atoms with Crippen molar-refractivity contribution in [3.05, 3.63) is 47.1 Å². The van der Waals surface area contributed by atoms with Crippen LogP contribution in [0.1, 0.15) is 10.5 Å². The highest BCUT2D eigenvalue weighted by Crippen LogP contribution is 2.33. The van der Waals surface area contributed by atoms with Crippen LogP contribution in [0.3, 0.4) is 0 Å². The molecule has 0 spiro atoms. The molecule has 5 nitrogen and oxygen atoms in total. The van der Waals surface area contributed by atoms with Crippen LogP contribution in [0.4, 0.5) is 0 Å². The molecule has 3 aromatic rings. The summed E-state index contributed by atoms with van der Waals surface area (Å²) in [5.41, 5.74) is 2.95. The van der Waals surface area contributed by atoms with Crippen molar-refractivity contribution in [1.82, 2.24) is 14.8 Å². The van der Waals surface area contributed by atoms with E-state index in [1.165, 1.54) is 0 Å². The molecule has 126 valence electrons. The maximum Gasteiger partial charge on any atom is 0.268 e. The molecule has 0 atom stereocenters. The number of likely N-dealkylation sites (N-methyl/N-ethyl adjacent to an activating group) is 1. The minimum atomic E-state index is -0.106. The molecule has 0 saturated carbocycles. The lowest BCUT2D eigenvalue weighted by molar-refractivity contribution is 0.0943. The van der Waals surface area contributed by atoms with Crippen LogP contribution in [0, 0.1) is 0 Å². The monoisotopic (exact) mass is 345 g/mol. The first kappa shape index (κ1) is 16.6. The summed E-state index contributed by atoms with van der Waals surface area (Å²) in [5, 5.41) is 3.55. The van der Waals surface area contributed by atoms with Gasteiger partial charge in [0, 0.05) is 37.8 Å². The molecule has 1 aromatic carbocycles. The number of benzene rings is 1. The van der Waals surface area contributed by atoms with Gasteiger partial charge in [0.2, 0.25) is 0 Å². The van der Waals surface area contributed by atoms with E-state index in [-0.39, 0.29) is 5.91 Å². The minimum absolute atomic E-state index is 0.106. The van der Waals surface area contributed by atoms with Gasteiger partial charge in [-0.25, -0.2) is 0 Å². The third-order valence-electron chi connectivity index (χ3n) is 3.95. The number of aromatic nitrogens is 1. The molecule has 0 aliphatic rings. The zero-order chi connectivity index (χ0) is 17.3. The zero-order valence-electron chi connectivity index (χ0n) is 14.0. The molecule has 0 aliphatic carbocycles. The molecular weight excluding hydrogens is 326 g/mol. The van der Waals surface area contributed by atoms with E-state index in [4.69, 9.17) is 16.0 Å². The van der Waals surface area contributed by atoms with Gasteiger partial charge in [0.15, 0.2) is 5.58 Å². The fourth-order valence-electron chi connectivity index (χ4n) is 2.61. The number of furan rings is 1. The Morgan fingerprint density at radius 3 is 2.71 bits per heavy atom. The molecule has 0 bridgehead atoms. The maximum atomic E-state index is 12.3. The second kappa shape index (κ2) is 6.71. The van der Waals surface area contributed by atoms with Gasteiger partial charge in [0.1, 0.15) is 11.5 Å². The van der Waals surface area contributed by atoms with Crippen molar-refractivity contribution >= 4 is 28.6 Å². The number of hydrogen-bond acceptors (Lipinski definition) is 3. The smallest absolute Gasteiger partial charge is 0.268 e. The lowest BCUT2D eigenvalue weighted by Gasteiger charge is -2.10. The molecule has 0 radical (unpaired) electrons. The normalized spacial score (nSPS) is 11.4. The number of nitrogens with one attached hydrogen (secondary N) is 1. The summed E-state index contributed by atoms with van der Waals surface area (Å²) in [6.07, 6.45) is 0. The molecule has 1 N–H and O–H groups in total. The molecule has 0 saturated heterocycles. The van der Waals surface area contributed by atoms with E-state index in [0.29, 0.717) is 28.6 Å². The van der Waals surface area contributed by atoms with E-state index in [1.807, 2.05) is 60.9 Å². The number of aryl methyl sites for hydroxylation is 1. The number of amides is 1. The van der Waals surface area contributed by atoms with Crippen LogP contribution in [0.15, 0.2) is 40.8 Å². The summed E-state index contributed by atoms with van der Waals surface area (Å²) >= 11 is 6.22. The Morgan fingerprint density at radius 1 is 1.29 bits per heavy atom. The molecule has 1 amide bonds. The van der Waals surface area contributed by atoms with Gasteiger partial charge in [-0.2, -0.15) is 0 Å². The van der Waals surface area contributed by atoms with E-state index in [0.717, 1.165) is 17.6 Å². The number of fused-ring (bicyclic) bond motifs is 1. The van der Waals surface area contributed by atoms with Gasteiger partial charge >= 0.3 is 0 Å². The zero-order valence-corrected chi connectivity index (χ0v) is 14.7. The van der Waals surface area contributed by atoms with Gasteiger partial charge in [-0.1, -0.05) is 23.7 Å². The van der Waals surface area contributed by atoms with Crippen LogP contribution in [0.5, 0.6) is 0 Å². The highest BCUT2D eigenvalue weighted by atomic mass is 35.5. The van der Waals surface area contributed by atoms with Crippen molar-refractivity contribution in [2.24, 2.45) is 7.05 Å². The molecule has 0 fully saturated rings. The van der Waals surface area contributed by atoms with Gasteiger partial charge in [-0.3, -0.25) is 4.79 Å². The fourth-order valence-corrected chi connectivity index (χ4v) is 2.84. The Morgan fingerprint density at radius 2 is 2.04 bits per heavy atom. The van der Waals surface area contributed by atoms with E-state index >= 15 is 0 Å². The number of carbonyl (C=O) groups is 1. The van der Waals surface area contributed by atoms with E-state index in [1.54, 1.807) is 6.07 Å². The Hall–Kier alpha value is -2.24. The first-order chi connectivity index (χ1) is 11.5. The van der Waals surface area contributed by atoms with Crippen molar-refractivity contribution in [2.45, 2.75) is 0 Å². The SMILES string of the molecule is CN(C)CCNC(=O)c1cc2oc(-c3ccccc3Cl)cc2n1C. The predicted octanol–water partition coefficient (Wildman–Crippen LogP) is 3.38. The Balaban J connectivity index is 1.86. The van der Waals surface area contributed by atoms with Crippen molar-refractivity contribution in [3.63, 3.8) is 0 Å². The van der Waals surface area contributed by atoms with E-state index in [2.05, 4.69) is 5.32 Å². The summed E-state index contributed by atoms with van der Waals surface area (Å²) < 4.78 is 7.73. The predicted molar refractivity (Wildman–Crippen MR) is 96.5 cm³/mol. The third-order valence-corrected chi connectivity index (χ3v) is 4.28. The van der Waals surface area contributed by atoms with Crippen LogP contribution < -0.4 is 5.32 Å². The second-order valence-electron chi connectivity index (χ2n) is 5.99. The van der Waals surface area contributed by atoms with E-state index in [9.17, 15) is 4.79 Å².